The fourth-order valence-corrected chi connectivity index (χ4v) is 7.04. The molecule has 1 aromatic rings. The molecule has 1 aromatic carbocycles. The van der Waals surface area contributed by atoms with Crippen LogP contribution in [-0.2, 0) is 23.9 Å². The molecular formula is C39H64N6O5. The Kier molecular flexibility index (Phi) is 16.4. The lowest BCUT2D eigenvalue weighted by atomic mass is 9.96. The summed E-state index contributed by atoms with van der Waals surface area (Å²) in [6, 6.07) is 7.60. The Morgan fingerprint density at radius 1 is 0.940 bits per heavy atom. The first-order chi connectivity index (χ1) is 23.8. The minimum atomic E-state index is -0.697. The molecule has 2 aliphatic rings. The third-order valence-electron chi connectivity index (χ3n) is 10.3. The minimum Gasteiger partial charge on any atom is -0.441 e. The molecule has 0 aliphatic carbocycles. The first-order valence-electron chi connectivity index (χ1n) is 18.8. The topological polar surface area (TPSA) is 115 Å². The normalized spacial score (nSPS) is 20.6. The van der Waals surface area contributed by atoms with E-state index in [2.05, 4.69) is 34.3 Å². The van der Waals surface area contributed by atoms with Gasteiger partial charge in [0.2, 0.25) is 17.7 Å². The van der Waals surface area contributed by atoms with E-state index in [1.54, 1.807) is 23.8 Å². The molecule has 2 N–H and O–H groups in total. The molecule has 0 spiro atoms. The van der Waals surface area contributed by atoms with E-state index in [0.717, 1.165) is 51.0 Å². The third-order valence-corrected chi connectivity index (χ3v) is 10.3. The second-order valence-electron chi connectivity index (χ2n) is 14.6. The highest BCUT2D eigenvalue weighted by Crippen LogP contribution is 2.25. The fourth-order valence-electron chi connectivity index (χ4n) is 7.04. The smallest absolute Gasteiger partial charge is 0.330 e. The molecule has 3 rings (SSSR count). The lowest BCUT2D eigenvalue weighted by Crippen LogP contribution is -2.57. The maximum absolute atomic E-state index is 13.9. The Morgan fingerprint density at radius 3 is 2.20 bits per heavy atom. The lowest BCUT2D eigenvalue weighted by molar-refractivity contribution is -0.159. The molecule has 5 atom stereocenters. The second-order valence-corrected chi connectivity index (χ2v) is 14.6. The maximum Gasteiger partial charge on any atom is 0.330 e. The van der Waals surface area contributed by atoms with E-state index in [0.29, 0.717) is 31.5 Å². The van der Waals surface area contributed by atoms with Gasteiger partial charge in [0.05, 0.1) is 12.1 Å². The molecule has 0 aromatic heterocycles. The van der Waals surface area contributed by atoms with E-state index in [1.165, 1.54) is 0 Å². The highest BCUT2D eigenvalue weighted by molar-refractivity contribution is 5.96. The van der Waals surface area contributed by atoms with E-state index < -0.39 is 30.3 Å². The summed E-state index contributed by atoms with van der Waals surface area (Å²) in [7, 11) is 3.70. The van der Waals surface area contributed by atoms with Gasteiger partial charge in [-0.3, -0.25) is 24.6 Å². The standard InChI is InChI=1S/C39H64N6O5/c1-10-44(11-2)25-22-40-36(30-18-13-12-14-19-30)50-39(49)32-21-17-24-45(32)37(47)29(7)26-33(27(3)4)43(9)38(48)34(28(5)6)41-35(46)31-20-15-16-23-42(31)8/h12-14,18-19,26-28,31-34,36,40H,10-11,15-17,20-25H2,1-9H3,(H,41,46)/b29-26+/t31?,32?,33-,34+,36?/m1/s1. The summed E-state index contributed by atoms with van der Waals surface area (Å²) in [6.07, 6.45) is 5.26. The van der Waals surface area contributed by atoms with Crippen molar-refractivity contribution in [1.29, 1.82) is 0 Å². The van der Waals surface area contributed by atoms with Crippen LogP contribution in [0.3, 0.4) is 0 Å². The maximum atomic E-state index is 13.9. The van der Waals surface area contributed by atoms with Gasteiger partial charge < -0.3 is 24.8 Å². The summed E-state index contributed by atoms with van der Waals surface area (Å²) in [5.74, 6) is -1.10. The minimum absolute atomic E-state index is 0.00641. The van der Waals surface area contributed by atoms with E-state index in [9.17, 15) is 19.2 Å². The van der Waals surface area contributed by atoms with Gasteiger partial charge in [0.25, 0.3) is 0 Å². The number of benzene rings is 1. The van der Waals surface area contributed by atoms with Crippen LogP contribution in [0.15, 0.2) is 42.0 Å². The van der Waals surface area contributed by atoms with Gasteiger partial charge in [0.1, 0.15) is 12.1 Å². The number of carbonyl (C=O) groups is 4. The van der Waals surface area contributed by atoms with Crippen molar-refractivity contribution < 1.29 is 23.9 Å². The Bertz CT molecular complexity index is 1280. The van der Waals surface area contributed by atoms with Crippen LogP contribution in [-0.4, -0.2) is 121 Å². The number of esters is 1. The number of nitrogens with zero attached hydrogens (tertiary/aromatic N) is 4. The van der Waals surface area contributed by atoms with Gasteiger partial charge in [0.15, 0.2) is 6.23 Å². The van der Waals surface area contributed by atoms with Crippen LogP contribution in [0.2, 0.25) is 0 Å². The molecule has 2 aliphatic heterocycles. The van der Waals surface area contributed by atoms with Gasteiger partial charge in [-0.2, -0.15) is 0 Å². The first-order valence-corrected chi connectivity index (χ1v) is 18.8. The Morgan fingerprint density at radius 2 is 1.60 bits per heavy atom. The number of likely N-dealkylation sites (tertiary alicyclic amines) is 2. The van der Waals surface area contributed by atoms with Gasteiger partial charge in [-0.25, -0.2) is 4.79 Å². The number of hydrogen-bond acceptors (Lipinski definition) is 8. The van der Waals surface area contributed by atoms with E-state index in [4.69, 9.17) is 4.74 Å². The Labute approximate surface area is 301 Å². The predicted octanol–water partition coefficient (Wildman–Crippen LogP) is 4.21. The van der Waals surface area contributed by atoms with E-state index in [1.807, 2.05) is 71.2 Å². The van der Waals surface area contributed by atoms with Crippen LogP contribution < -0.4 is 10.6 Å². The molecule has 280 valence electrons. The zero-order valence-electron chi connectivity index (χ0n) is 32.1. The van der Waals surface area contributed by atoms with Crippen molar-refractivity contribution in [3.63, 3.8) is 0 Å². The van der Waals surface area contributed by atoms with Crippen molar-refractivity contribution in [2.45, 2.75) is 111 Å². The molecule has 11 nitrogen and oxygen atoms in total. The van der Waals surface area contributed by atoms with Gasteiger partial charge >= 0.3 is 5.97 Å². The summed E-state index contributed by atoms with van der Waals surface area (Å²) >= 11 is 0. The van der Waals surface area contributed by atoms with Crippen molar-refractivity contribution in [3.05, 3.63) is 47.5 Å². The number of likely N-dealkylation sites (N-methyl/N-ethyl adjacent to an activating group) is 3. The molecule has 2 fully saturated rings. The number of carbonyl (C=O) groups excluding carboxylic acids is 4. The molecule has 0 saturated carbocycles. The van der Waals surface area contributed by atoms with Crippen LogP contribution in [0, 0.1) is 11.8 Å². The quantitative estimate of drug-likeness (QED) is 0.142. The molecule has 50 heavy (non-hydrogen) atoms. The van der Waals surface area contributed by atoms with Gasteiger partial charge in [-0.05, 0) is 71.1 Å². The molecule has 0 bridgehead atoms. The lowest BCUT2D eigenvalue weighted by Gasteiger charge is -2.36. The SMILES string of the molecule is CCN(CC)CCNC(OC(=O)C1CCCN1C(=O)/C(C)=C/[C@H](C(C)C)N(C)C(=O)[C@@H](NC(=O)C1CCCCN1C)C(C)C)c1ccccc1. The first kappa shape index (κ1) is 41.1. The molecular weight excluding hydrogens is 632 g/mol. The average molecular weight is 697 g/mol. The van der Waals surface area contributed by atoms with Crippen molar-refractivity contribution >= 4 is 23.7 Å². The molecule has 3 amide bonds. The highest BCUT2D eigenvalue weighted by atomic mass is 16.6. The van der Waals surface area contributed by atoms with E-state index in [-0.39, 0.29) is 35.6 Å². The number of piperidine rings is 1. The van der Waals surface area contributed by atoms with Crippen molar-refractivity contribution in [1.82, 2.24) is 30.2 Å². The summed E-state index contributed by atoms with van der Waals surface area (Å²) in [6.45, 7) is 18.5. The number of amides is 3. The van der Waals surface area contributed by atoms with Crippen LogP contribution in [0.1, 0.15) is 92.4 Å². The van der Waals surface area contributed by atoms with Gasteiger partial charge in [-0.1, -0.05) is 84.4 Å². The molecule has 3 unspecified atom stereocenters. The van der Waals surface area contributed by atoms with Crippen molar-refractivity contribution in [2.75, 3.05) is 53.4 Å². The van der Waals surface area contributed by atoms with Gasteiger partial charge in [-0.15, -0.1) is 0 Å². The molecule has 11 heteroatoms. The monoisotopic (exact) mass is 696 g/mol. The summed E-state index contributed by atoms with van der Waals surface area (Å²) in [5, 5.41) is 6.46. The largest absolute Gasteiger partial charge is 0.441 e. The van der Waals surface area contributed by atoms with Crippen LogP contribution in [0.4, 0.5) is 0 Å². The molecule has 2 heterocycles. The average Bonchev–Trinajstić information content (AvgIpc) is 3.60. The van der Waals surface area contributed by atoms with Crippen LogP contribution in [0.5, 0.6) is 0 Å². The Hall–Kier alpha value is -3.28. The number of ether oxygens (including phenoxy) is 1. The molecule has 0 radical (unpaired) electrons. The van der Waals surface area contributed by atoms with Crippen LogP contribution >= 0.6 is 0 Å². The molecule has 2 saturated heterocycles. The summed E-state index contributed by atoms with van der Waals surface area (Å²) in [5.41, 5.74) is 1.32. The van der Waals surface area contributed by atoms with Gasteiger partial charge in [0, 0.05) is 37.8 Å². The predicted molar refractivity (Wildman–Crippen MR) is 198 cm³/mol. The van der Waals surface area contributed by atoms with Crippen molar-refractivity contribution in [2.24, 2.45) is 11.8 Å². The number of rotatable bonds is 17. The number of hydrogen-bond donors (Lipinski definition) is 2. The van der Waals surface area contributed by atoms with Crippen LogP contribution in [0.25, 0.3) is 0 Å². The van der Waals surface area contributed by atoms with E-state index >= 15 is 0 Å². The fraction of sp³-hybridized carbons (Fsp3) is 0.692. The zero-order chi connectivity index (χ0) is 37.0. The zero-order valence-corrected chi connectivity index (χ0v) is 32.1. The third kappa shape index (κ3) is 11.1. The Balaban J connectivity index is 1.73. The summed E-state index contributed by atoms with van der Waals surface area (Å²) < 4.78 is 6.08. The second kappa shape index (κ2) is 19.9. The number of nitrogens with one attached hydrogen (secondary N) is 2. The summed E-state index contributed by atoms with van der Waals surface area (Å²) in [4.78, 5) is 62.5. The highest BCUT2D eigenvalue weighted by Gasteiger charge is 2.38. The van der Waals surface area contributed by atoms with Crippen molar-refractivity contribution in [3.8, 4) is 0 Å².